The molecule has 0 aromatic carbocycles. The van der Waals surface area contributed by atoms with Gasteiger partial charge in [-0.2, -0.15) is 0 Å². The molecule has 5 heteroatoms. The normalized spacial score (nSPS) is 12.2. The van der Waals surface area contributed by atoms with E-state index in [0.717, 1.165) is 19.3 Å². The maximum absolute atomic E-state index is 11.3. The molecule has 0 radical (unpaired) electrons. The van der Waals surface area contributed by atoms with E-state index in [1.165, 1.54) is 6.08 Å². The van der Waals surface area contributed by atoms with Crippen molar-refractivity contribution in [1.29, 1.82) is 0 Å². The van der Waals surface area contributed by atoms with Crippen LogP contribution in [0.15, 0.2) is 12.2 Å². The van der Waals surface area contributed by atoms with E-state index >= 15 is 0 Å². The van der Waals surface area contributed by atoms with Crippen molar-refractivity contribution in [1.82, 2.24) is 0 Å². The Labute approximate surface area is 114 Å². The highest BCUT2D eigenvalue weighted by atomic mass is 16.7. The highest BCUT2D eigenvalue weighted by Crippen LogP contribution is 2.09. The third kappa shape index (κ3) is 10.1. The monoisotopic (exact) mass is 272 g/mol. The summed E-state index contributed by atoms with van der Waals surface area (Å²) >= 11 is 0. The Kier molecular flexibility index (Phi) is 10.6. The molecule has 0 spiro atoms. The minimum atomic E-state index is -0.711. The number of ether oxygens (including phenoxy) is 3. The van der Waals surface area contributed by atoms with Gasteiger partial charge in [0.1, 0.15) is 6.10 Å². The summed E-state index contributed by atoms with van der Waals surface area (Å²) in [5, 5.41) is 0. The first-order valence-electron chi connectivity index (χ1n) is 6.82. The van der Waals surface area contributed by atoms with Crippen LogP contribution < -0.4 is 0 Å². The molecule has 0 saturated carbocycles. The quantitative estimate of drug-likeness (QED) is 0.366. The van der Waals surface area contributed by atoms with Gasteiger partial charge in [0, 0.05) is 6.08 Å². The first-order chi connectivity index (χ1) is 9.13. The molecule has 1 unspecified atom stereocenters. The van der Waals surface area contributed by atoms with Crippen molar-refractivity contribution >= 4 is 12.1 Å². The third-order valence-corrected chi connectivity index (χ3v) is 2.34. The lowest BCUT2D eigenvalue weighted by Crippen LogP contribution is -2.17. The maximum atomic E-state index is 11.3. The predicted molar refractivity (Wildman–Crippen MR) is 71.8 cm³/mol. The number of carbonyl (C=O) groups is 2. The fourth-order valence-corrected chi connectivity index (χ4v) is 1.44. The van der Waals surface area contributed by atoms with Crippen LogP contribution >= 0.6 is 0 Å². The Morgan fingerprint density at radius 2 is 1.74 bits per heavy atom. The van der Waals surface area contributed by atoms with Crippen LogP contribution in [0.3, 0.4) is 0 Å². The van der Waals surface area contributed by atoms with Crippen LogP contribution in [-0.4, -0.2) is 31.4 Å². The summed E-state index contributed by atoms with van der Waals surface area (Å²) in [6.07, 6.45) is 5.40. The molecular weight excluding hydrogens is 248 g/mol. The Balaban J connectivity index is 4.31. The second-order valence-electron chi connectivity index (χ2n) is 3.95. The van der Waals surface area contributed by atoms with Gasteiger partial charge in [0.25, 0.3) is 0 Å². The van der Waals surface area contributed by atoms with E-state index in [4.69, 9.17) is 14.2 Å². The van der Waals surface area contributed by atoms with Crippen molar-refractivity contribution in [3.8, 4) is 0 Å². The van der Waals surface area contributed by atoms with Gasteiger partial charge in [-0.3, -0.25) is 0 Å². The summed E-state index contributed by atoms with van der Waals surface area (Å²) in [7, 11) is 0. The number of hydrogen-bond acceptors (Lipinski definition) is 5. The highest BCUT2D eigenvalue weighted by molar-refractivity contribution is 5.82. The summed E-state index contributed by atoms with van der Waals surface area (Å²) in [6.45, 7) is 6.13. The Bertz CT molecular complexity index is 286. The maximum Gasteiger partial charge on any atom is 0.508 e. The van der Waals surface area contributed by atoms with Crippen LogP contribution in [0.25, 0.3) is 0 Å². The Hall–Kier alpha value is -1.52. The summed E-state index contributed by atoms with van der Waals surface area (Å²) < 4.78 is 14.6. The molecule has 0 rings (SSSR count). The Morgan fingerprint density at radius 3 is 2.32 bits per heavy atom. The smallest absolute Gasteiger partial charge is 0.463 e. The van der Waals surface area contributed by atoms with Crippen molar-refractivity contribution in [2.75, 3.05) is 13.2 Å². The summed E-state index contributed by atoms with van der Waals surface area (Å²) in [4.78, 5) is 22.5. The lowest BCUT2D eigenvalue weighted by molar-refractivity contribution is -0.137. The van der Waals surface area contributed by atoms with Crippen molar-refractivity contribution in [2.24, 2.45) is 0 Å². The molecule has 0 N–H and O–H groups in total. The Morgan fingerprint density at radius 1 is 1.05 bits per heavy atom. The molecule has 0 bridgehead atoms. The molecule has 0 aliphatic heterocycles. The molecule has 0 heterocycles. The average Bonchev–Trinajstić information content (AvgIpc) is 2.36. The van der Waals surface area contributed by atoms with Crippen LogP contribution in [-0.2, 0) is 19.0 Å². The molecule has 0 saturated heterocycles. The van der Waals surface area contributed by atoms with Gasteiger partial charge in [-0.1, -0.05) is 19.8 Å². The molecule has 0 aliphatic rings. The molecule has 1 atom stereocenters. The SMILES string of the molecule is CCCCCC(/C=C/C(=O)OCC)OC(=O)OCC. The van der Waals surface area contributed by atoms with E-state index in [1.807, 2.05) is 0 Å². The molecule has 0 aromatic heterocycles. The van der Waals surface area contributed by atoms with Gasteiger partial charge >= 0.3 is 12.1 Å². The first kappa shape index (κ1) is 17.5. The number of rotatable bonds is 9. The van der Waals surface area contributed by atoms with Crippen molar-refractivity contribution in [2.45, 2.75) is 52.6 Å². The number of esters is 1. The van der Waals surface area contributed by atoms with Gasteiger partial charge in [0.2, 0.25) is 0 Å². The zero-order chi connectivity index (χ0) is 14.5. The van der Waals surface area contributed by atoms with Crippen molar-refractivity contribution in [3.05, 3.63) is 12.2 Å². The minimum Gasteiger partial charge on any atom is -0.463 e. The largest absolute Gasteiger partial charge is 0.508 e. The van der Waals surface area contributed by atoms with Crippen LogP contribution in [0.4, 0.5) is 4.79 Å². The second kappa shape index (κ2) is 11.6. The van der Waals surface area contributed by atoms with Gasteiger partial charge in [0.15, 0.2) is 0 Å². The van der Waals surface area contributed by atoms with E-state index in [0.29, 0.717) is 13.0 Å². The lowest BCUT2D eigenvalue weighted by atomic mass is 10.1. The molecule has 19 heavy (non-hydrogen) atoms. The molecule has 0 amide bonds. The van der Waals surface area contributed by atoms with Crippen molar-refractivity contribution in [3.63, 3.8) is 0 Å². The molecule has 0 aromatic rings. The molecule has 5 nitrogen and oxygen atoms in total. The van der Waals surface area contributed by atoms with Gasteiger partial charge in [-0.15, -0.1) is 0 Å². The third-order valence-electron chi connectivity index (χ3n) is 2.34. The average molecular weight is 272 g/mol. The lowest BCUT2D eigenvalue weighted by Gasteiger charge is -2.13. The summed E-state index contributed by atoms with van der Waals surface area (Å²) in [5.41, 5.74) is 0. The molecule has 110 valence electrons. The number of carbonyl (C=O) groups excluding carboxylic acids is 2. The van der Waals surface area contributed by atoms with Crippen LogP contribution in [0.1, 0.15) is 46.5 Å². The van der Waals surface area contributed by atoms with Gasteiger partial charge in [-0.05, 0) is 32.8 Å². The summed E-state index contributed by atoms with van der Waals surface area (Å²) in [6, 6.07) is 0. The molecular formula is C14H24O5. The number of hydrogen-bond donors (Lipinski definition) is 0. The topological polar surface area (TPSA) is 61.8 Å². The van der Waals surface area contributed by atoms with E-state index in [2.05, 4.69) is 6.92 Å². The molecule has 0 fully saturated rings. The zero-order valence-electron chi connectivity index (χ0n) is 12.0. The van der Waals surface area contributed by atoms with Crippen LogP contribution in [0.2, 0.25) is 0 Å². The summed E-state index contributed by atoms with van der Waals surface area (Å²) in [5.74, 6) is -0.435. The van der Waals surface area contributed by atoms with Crippen molar-refractivity contribution < 1.29 is 23.8 Å². The first-order valence-corrected chi connectivity index (χ1v) is 6.82. The number of unbranched alkanes of at least 4 members (excludes halogenated alkanes) is 2. The van der Waals surface area contributed by atoms with Gasteiger partial charge < -0.3 is 14.2 Å². The van der Waals surface area contributed by atoms with Gasteiger partial charge in [0.05, 0.1) is 13.2 Å². The second-order valence-corrected chi connectivity index (χ2v) is 3.95. The van der Waals surface area contributed by atoms with E-state index in [-0.39, 0.29) is 6.61 Å². The minimum absolute atomic E-state index is 0.266. The molecule has 0 aliphatic carbocycles. The fourth-order valence-electron chi connectivity index (χ4n) is 1.44. The van der Waals surface area contributed by atoms with E-state index in [1.54, 1.807) is 19.9 Å². The standard InChI is InChI=1S/C14H24O5/c1-4-7-8-9-12(19-14(16)18-6-3)10-11-13(15)17-5-2/h10-12H,4-9H2,1-3H3/b11-10+. The van der Waals surface area contributed by atoms with Crippen LogP contribution in [0, 0.1) is 0 Å². The van der Waals surface area contributed by atoms with Gasteiger partial charge in [-0.25, -0.2) is 9.59 Å². The fraction of sp³-hybridized carbons (Fsp3) is 0.714. The zero-order valence-corrected chi connectivity index (χ0v) is 12.0. The van der Waals surface area contributed by atoms with E-state index < -0.39 is 18.2 Å². The highest BCUT2D eigenvalue weighted by Gasteiger charge is 2.12. The predicted octanol–water partition coefficient (Wildman–Crippen LogP) is 3.23. The van der Waals surface area contributed by atoms with E-state index in [9.17, 15) is 9.59 Å². The van der Waals surface area contributed by atoms with Crippen LogP contribution in [0.5, 0.6) is 0 Å².